The van der Waals surface area contributed by atoms with Crippen LogP contribution in [0.15, 0.2) is 82.4 Å². The minimum Gasteiger partial charge on any atom is -1.00 e. The van der Waals surface area contributed by atoms with E-state index in [9.17, 15) is 4.79 Å². The quantitative estimate of drug-likeness (QED) is 0.345. The van der Waals surface area contributed by atoms with Gasteiger partial charge >= 0.3 is 0 Å². The number of ether oxygens (including phenoxy) is 1. The lowest BCUT2D eigenvalue weighted by Crippen LogP contribution is -3.00. The molecule has 0 N–H and O–H groups in total. The molecule has 0 bridgehead atoms. The van der Waals surface area contributed by atoms with Gasteiger partial charge in [-0.25, -0.2) is 9.67 Å². The third-order valence-corrected chi connectivity index (χ3v) is 6.17. The fourth-order valence-corrected chi connectivity index (χ4v) is 4.55. The number of thiazole rings is 1. The lowest BCUT2D eigenvalue weighted by molar-refractivity contribution is -0.00000716. The molecular weight excluding hydrogens is 500 g/mol. The van der Waals surface area contributed by atoms with Gasteiger partial charge in [0.05, 0.1) is 23.7 Å². The number of para-hydroxylation sites is 1. The van der Waals surface area contributed by atoms with Crippen LogP contribution in [0.25, 0.3) is 16.9 Å². The summed E-state index contributed by atoms with van der Waals surface area (Å²) in [4.78, 5) is 18.8. The maximum Gasteiger partial charge on any atom is 0.297 e. The second kappa shape index (κ2) is 10.7. The molecule has 2 heterocycles. The molecule has 6 nitrogen and oxygen atoms in total. The number of hydrogen-bond donors (Lipinski definition) is 0. The van der Waals surface area contributed by atoms with Crippen LogP contribution in [0.5, 0.6) is 5.75 Å². The van der Waals surface area contributed by atoms with Crippen LogP contribution in [0.2, 0.25) is 0 Å². The summed E-state index contributed by atoms with van der Waals surface area (Å²) in [6.07, 6.45) is 1.84. The highest BCUT2D eigenvalue weighted by Gasteiger charge is 2.16. The Labute approximate surface area is 207 Å². The van der Waals surface area contributed by atoms with Crippen molar-refractivity contribution in [3.63, 3.8) is 0 Å². The van der Waals surface area contributed by atoms with Crippen LogP contribution in [0.1, 0.15) is 12.6 Å². The van der Waals surface area contributed by atoms with Crippen molar-refractivity contribution in [1.82, 2.24) is 13.9 Å². The number of nitrogens with zero attached hydrogens (tertiary/aromatic N) is 4. The highest BCUT2D eigenvalue weighted by molar-refractivity contribution is 7.07. The number of allylic oxidation sites excluding steroid dienone is 1. The second-order valence-corrected chi connectivity index (χ2v) is 8.12. The van der Waals surface area contributed by atoms with Crippen LogP contribution in [0.3, 0.4) is 0 Å². The van der Waals surface area contributed by atoms with E-state index in [0.29, 0.717) is 18.8 Å². The van der Waals surface area contributed by atoms with Crippen LogP contribution in [-0.2, 0) is 13.6 Å². The SMILES string of the molecule is C=CCn1c(-c2ccc(OCC)cc2)csc1=Nc1c(C)n(C)n(-c2ccccc2)c1=O.[Br-]. The van der Waals surface area contributed by atoms with Crippen molar-refractivity contribution in [2.24, 2.45) is 12.0 Å². The first-order chi connectivity index (χ1) is 15.5. The molecule has 8 heteroatoms. The Hall–Kier alpha value is -3.10. The second-order valence-electron chi connectivity index (χ2n) is 7.28. The standard InChI is InChI=1S/C25H26N4O2S.BrH/c1-5-16-28-22(19-12-14-21(15-13-19)31-6-2)17-32-25(28)26-23-18(3)27(4)29(24(23)30)20-10-8-7-9-11-20;/h5,7-15,17H,1,6,16H2,2-4H3;1H/p-1. The Kier molecular flexibility index (Phi) is 7.94. The van der Waals surface area contributed by atoms with E-state index in [2.05, 4.69) is 16.5 Å². The van der Waals surface area contributed by atoms with E-state index in [1.54, 1.807) is 4.68 Å². The molecule has 4 aromatic rings. The smallest absolute Gasteiger partial charge is 0.297 e. The fraction of sp³-hybridized carbons (Fsp3) is 0.200. The summed E-state index contributed by atoms with van der Waals surface area (Å²) in [5.74, 6) is 0.841. The average molecular weight is 526 g/mol. The van der Waals surface area contributed by atoms with Gasteiger partial charge in [0, 0.05) is 19.0 Å². The zero-order valence-corrected chi connectivity index (χ0v) is 21.3. The van der Waals surface area contributed by atoms with Crippen LogP contribution in [-0.4, -0.2) is 20.5 Å². The van der Waals surface area contributed by atoms with E-state index in [0.717, 1.165) is 33.2 Å². The molecule has 2 aromatic heterocycles. The minimum atomic E-state index is -0.141. The van der Waals surface area contributed by atoms with E-state index in [1.165, 1.54) is 11.3 Å². The van der Waals surface area contributed by atoms with Gasteiger partial charge in [0.2, 0.25) is 0 Å². The number of rotatable bonds is 7. The number of hydrogen-bond acceptors (Lipinski definition) is 4. The highest BCUT2D eigenvalue weighted by Crippen LogP contribution is 2.24. The summed E-state index contributed by atoms with van der Waals surface area (Å²) in [6, 6.07) is 17.6. The predicted molar refractivity (Wildman–Crippen MR) is 130 cm³/mol. The van der Waals surface area contributed by atoms with E-state index >= 15 is 0 Å². The van der Waals surface area contributed by atoms with Crippen molar-refractivity contribution < 1.29 is 21.7 Å². The van der Waals surface area contributed by atoms with Gasteiger partial charge in [-0.1, -0.05) is 24.3 Å². The number of aromatic nitrogens is 3. The molecule has 4 rings (SSSR count). The van der Waals surface area contributed by atoms with Gasteiger partial charge in [-0.15, -0.1) is 17.9 Å². The molecule has 0 amide bonds. The highest BCUT2D eigenvalue weighted by atomic mass is 79.9. The van der Waals surface area contributed by atoms with Gasteiger partial charge in [0.25, 0.3) is 5.56 Å². The first kappa shape index (κ1) is 24.5. The normalized spacial score (nSPS) is 11.3. The molecule has 0 aliphatic rings. The minimum absolute atomic E-state index is 0. The van der Waals surface area contributed by atoms with Crippen molar-refractivity contribution in [3.05, 3.63) is 93.5 Å². The van der Waals surface area contributed by atoms with Crippen LogP contribution in [0.4, 0.5) is 5.69 Å². The summed E-state index contributed by atoms with van der Waals surface area (Å²) in [5.41, 5.74) is 3.99. The molecule has 0 radical (unpaired) electrons. The summed E-state index contributed by atoms with van der Waals surface area (Å²) in [5, 5.41) is 2.06. The van der Waals surface area contributed by atoms with Gasteiger partial charge in [-0.2, -0.15) is 0 Å². The van der Waals surface area contributed by atoms with Gasteiger partial charge in [-0.05, 0) is 55.8 Å². The van der Waals surface area contributed by atoms with Gasteiger partial charge in [0.15, 0.2) is 10.5 Å². The maximum atomic E-state index is 13.3. The topological polar surface area (TPSA) is 53.4 Å². The Balaban J connectivity index is 0.00000306. The van der Waals surface area contributed by atoms with Crippen LogP contribution < -0.4 is 32.1 Å². The van der Waals surface area contributed by atoms with E-state index in [1.807, 2.05) is 86.3 Å². The van der Waals surface area contributed by atoms with Gasteiger partial charge < -0.3 is 26.3 Å². The van der Waals surface area contributed by atoms with Gasteiger partial charge in [-0.3, -0.25) is 9.48 Å². The molecule has 0 aliphatic carbocycles. The maximum absolute atomic E-state index is 13.3. The van der Waals surface area contributed by atoms with Crippen molar-refractivity contribution in [2.75, 3.05) is 6.61 Å². The van der Waals surface area contributed by atoms with Crippen LogP contribution in [0, 0.1) is 6.92 Å². The first-order valence-corrected chi connectivity index (χ1v) is 11.3. The molecule has 0 aliphatic heterocycles. The molecule has 0 atom stereocenters. The lowest BCUT2D eigenvalue weighted by Gasteiger charge is -2.08. The van der Waals surface area contributed by atoms with Crippen molar-refractivity contribution in [2.45, 2.75) is 20.4 Å². The van der Waals surface area contributed by atoms with E-state index in [4.69, 9.17) is 9.73 Å². The lowest BCUT2D eigenvalue weighted by atomic mass is 10.1. The Bertz CT molecular complexity index is 1360. The van der Waals surface area contributed by atoms with E-state index < -0.39 is 0 Å². The number of benzene rings is 2. The van der Waals surface area contributed by atoms with Crippen molar-refractivity contribution in [1.29, 1.82) is 0 Å². The summed E-state index contributed by atoms with van der Waals surface area (Å²) >= 11 is 1.51. The third kappa shape index (κ3) is 4.82. The van der Waals surface area contributed by atoms with Crippen molar-refractivity contribution in [3.8, 4) is 22.7 Å². The largest absolute Gasteiger partial charge is 1.00 e. The molecule has 0 fully saturated rings. The Morgan fingerprint density at radius 1 is 1.12 bits per heavy atom. The average Bonchev–Trinajstić information content (AvgIpc) is 3.29. The Morgan fingerprint density at radius 3 is 2.45 bits per heavy atom. The van der Waals surface area contributed by atoms with Crippen molar-refractivity contribution >= 4 is 17.0 Å². The first-order valence-electron chi connectivity index (χ1n) is 10.5. The summed E-state index contributed by atoms with van der Waals surface area (Å²) < 4.78 is 11.1. The molecular formula is C25H26BrN4O2S-. The molecule has 2 aromatic carbocycles. The molecule has 0 spiro atoms. The zero-order valence-electron chi connectivity index (χ0n) is 18.9. The summed E-state index contributed by atoms with van der Waals surface area (Å²) in [7, 11) is 1.88. The monoisotopic (exact) mass is 525 g/mol. The zero-order chi connectivity index (χ0) is 22.7. The molecule has 0 saturated carbocycles. The number of halogens is 1. The third-order valence-electron chi connectivity index (χ3n) is 5.30. The van der Waals surface area contributed by atoms with E-state index in [-0.39, 0.29) is 22.5 Å². The molecule has 172 valence electrons. The van der Waals surface area contributed by atoms with Crippen LogP contribution >= 0.6 is 11.3 Å². The van der Waals surface area contributed by atoms with Gasteiger partial charge in [0.1, 0.15) is 5.75 Å². The predicted octanol–water partition coefficient (Wildman–Crippen LogP) is 1.84. The fourth-order valence-electron chi connectivity index (χ4n) is 3.62. The molecule has 33 heavy (non-hydrogen) atoms. The summed E-state index contributed by atoms with van der Waals surface area (Å²) in [6.45, 7) is 9.01. The molecule has 0 saturated heterocycles. The molecule has 0 unspecified atom stereocenters. The Morgan fingerprint density at radius 2 is 1.82 bits per heavy atom.